The lowest BCUT2D eigenvalue weighted by atomic mass is 10.0. The molecule has 1 saturated heterocycles. The van der Waals surface area contributed by atoms with Gasteiger partial charge in [-0.15, -0.1) is 0 Å². The van der Waals surface area contributed by atoms with Crippen molar-refractivity contribution in [2.45, 2.75) is 31.7 Å². The van der Waals surface area contributed by atoms with Gasteiger partial charge < -0.3 is 5.32 Å². The fraction of sp³-hybridized carbons (Fsp3) is 1.00. The summed E-state index contributed by atoms with van der Waals surface area (Å²) in [5.41, 5.74) is 0. The Morgan fingerprint density at radius 3 is 2.77 bits per heavy atom. The van der Waals surface area contributed by atoms with Crippen LogP contribution in [0.25, 0.3) is 0 Å². The molecule has 13 heavy (non-hydrogen) atoms. The first-order valence-electron chi connectivity index (χ1n) is 4.76. The van der Waals surface area contributed by atoms with E-state index in [4.69, 9.17) is 0 Å². The highest BCUT2D eigenvalue weighted by atomic mass is 32.2. The molecule has 0 saturated carbocycles. The van der Waals surface area contributed by atoms with Crippen molar-refractivity contribution in [2.24, 2.45) is 0 Å². The molecule has 4 nitrogen and oxygen atoms in total. The lowest BCUT2D eigenvalue weighted by molar-refractivity contribution is 0.383. The molecule has 0 aromatic heterocycles. The number of piperidine rings is 1. The molecule has 0 spiro atoms. The zero-order valence-electron chi connectivity index (χ0n) is 8.04. The third kappa shape index (κ3) is 5.23. The summed E-state index contributed by atoms with van der Waals surface area (Å²) in [6.07, 6.45) is 5.77. The highest BCUT2D eigenvalue weighted by molar-refractivity contribution is 7.88. The van der Waals surface area contributed by atoms with E-state index in [1.54, 1.807) is 0 Å². The topological polar surface area (TPSA) is 58.2 Å². The number of sulfonamides is 1. The van der Waals surface area contributed by atoms with Gasteiger partial charge in [0.2, 0.25) is 10.0 Å². The third-order valence-corrected chi connectivity index (χ3v) is 3.00. The number of hydrogen-bond acceptors (Lipinski definition) is 3. The molecule has 0 aromatic rings. The Bertz CT molecular complexity index is 233. The van der Waals surface area contributed by atoms with Crippen LogP contribution in [0.3, 0.4) is 0 Å². The Labute approximate surface area is 80.1 Å². The van der Waals surface area contributed by atoms with Gasteiger partial charge in [-0.3, -0.25) is 0 Å². The van der Waals surface area contributed by atoms with Crippen LogP contribution in [-0.2, 0) is 10.0 Å². The van der Waals surface area contributed by atoms with Gasteiger partial charge in [0.15, 0.2) is 0 Å². The van der Waals surface area contributed by atoms with Crippen LogP contribution in [0.5, 0.6) is 0 Å². The van der Waals surface area contributed by atoms with E-state index in [-0.39, 0.29) is 0 Å². The van der Waals surface area contributed by atoms with Gasteiger partial charge in [0, 0.05) is 12.6 Å². The molecule has 5 heteroatoms. The maximum Gasteiger partial charge on any atom is 0.208 e. The predicted molar refractivity (Wildman–Crippen MR) is 53.1 cm³/mol. The molecule has 0 radical (unpaired) electrons. The first-order chi connectivity index (χ1) is 6.08. The smallest absolute Gasteiger partial charge is 0.208 e. The maximum atomic E-state index is 10.7. The van der Waals surface area contributed by atoms with Crippen molar-refractivity contribution in [3.05, 3.63) is 0 Å². The highest BCUT2D eigenvalue weighted by Gasteiger charge is 2.12. The van der Waals surface area contributed by atoms with E-state index in [1.165, 1.54) is 25.5 Å². The fourth-order valence-corrected chi connectivity index (χ4v) is 2.08. The molecule has 1 rings (SSSR count). The van der Waals surface area contributed by atoms with Gasteiger partial charge in [0.05, 0.1) is 6.26 Å². The van der Waals surface area contributed by atoms with Crippen LogP contribution < -0.4 is 10.0 Å². The summed E-state index contributed by atoms with van der Waals surface area (Å²) in [6.45, 7) is 1.63. The van der Waals surface area contributed by atoms with Crippen LogP contribution >= 0.6 is 0 Å². The molecule has 1 aliphatic heterocycles. The van der Waals surface area contributed by atoms with Gasteiger partial charge in [0.25, 0.3) is 0 Å². The van der Waals surface area contributed by atoms with Crippen LogP contribution in [0.2, 0.25) is 0 Å². The van der Waals surface area contributed by atoms with Crippen LogP contribution in [0.15, 0.2) is 0 Å². The number of rotatable bonds is 4. The van der Waals surface area contributed by atoms with E-state index in [0.29, 0.717) is 12.6 Å². The van der Waals surface area contributed by atoms with Crippen molar-refractivity contribution in [2.75, 3.05) is 19.3 Å². The second kappa shape index (κ2) is 4.93. The Morgan fingerprint density at radius 1 is 1.46 bits per heavy atom. The van der Waals surface area contributed by atoms with Crippen molar-refractivity contribution < 1.29 is 8.42 Å². The molecule has 1 aliphatic rings. The van der Waals surface area contributed by atoms with Crippen LogP contribution in [-0.4, -0.2) is 33.8 Å². The van der Waals surface area contributed by atoms with E-state index in [2.05, 4.69) is 10.0 Å². The minimum Gasteiger partial charge on any atom is -0.314 e. The molecule has 1 atom stereocenters. The van der Waals surface area contributed by atoms with E-state index < -0.39 is 10.0 Å². The number of hydrogen-bond donors (Lipinski definition) is 2. The maximum absolute atomic E-state index is 10.7. The molecular formula is C8H18N2O2S. The van der Waals surface area contributed by atoms with E-state index in [1.807, 2.05) is 0 Å². The summed E-state index contributed by atoms with van der Waals surface area (Å²) in [5, 5.41) is 3.37. The van der Waals surface area contributed by atoms with E-state index >= 15 is 0 Å². The summed E-state index contributed by atoms with van der Waals surface area (Å²) >= 11 is 0. The molecule has 0 amide bonds. The monoisotopic (exact) mass is 206 g/mol. The zero-order chi connectivity index (χ0) is 9.73. The molecule has 0 aromatic carbocycles. The average Bonchev–Trinajstić information content (AvgIpc) is 2.04. The molecule has 1 fully saturated rings. The van der Waals surface area contributed by atoms with Crippen molar-refractivity contribution in [3.8, 4) is 0 Å². The van der Waals surface area contributed by atoms with Crippen LogP contribution in [0, 0.1) is 0 Å². The minimum atomic E-state index is -3.00. The van der Waals surface area contributed by atoms with Gasteiger partial charge in [-0.25, -0.2) is 13.1 Å². The summed E-state index contributed by atoms with van der Waals surface area (Å²) in [6, 6.07) is 0.503. The lowest BCUT2D eigenvalue weighted by Gasteiger charge is -2.23. The van der Waals surface area contributed by atoms with E-state index in [9.17, 15) is 8.42 Å². The molecule has 78 valence electrons. The predicted octanol–water partition coefficient (Wildman–Crippen LogP) is 0.0678. The third-order valence-electron chi connectivity index (χ3n) is 2.27. The molecule has 0 aliphatic carbocycles. The molecular weight excluding hydrogens is 188 g/mol. The Morgan fingerprint density at radius 2 is 2.23 bits per heavy atom. The Hall–Kier alpha value is -0.130. The molecule has 1 unspecified atom stereocenters. The van der Waals surface area contributed by atoms with Crippen molar-refractivity contribution in [1.82, 2.24) is 10.0 Å². The first-order valence-corrected chi connectivity index (χ1v) is 6.65. The average molecular weight is 206 g/mol. The standard InChI is InChI=1S/C8H18N2O2S/c1-13(11,12)10-7-5-8-4-2-3-6-9-8/h8-10H,2-7H2,1H3. The summed E-state index contributed by atoms with van der Waals surface area (Å²) in [7, 11) is -3.00. The van der Waals surface area contributed by atoms with Gasteiger partial charge in [-0.05, 0) is 25.8 Å². The number of nitrogens with one attached hydrogen (secondary N) is 2. The van der Waals surface area contributed by atoms with Crippen molar-refractivity contribution in [3.63, 3.8) is 0 Å². The largest absolute Gasteiger partial charge is 0.314 e. The van der Waals surface area contributed by atoms with Gasteiger partial charge in [0.1, 0.15) is 0 Å². The van der Waals surface area contributed by atoms with Gasteiger partial charge >= 0.3 is 0 Å². The first kappa shape index (κ1) is 10.9. The van der Waals surface area contributed by atoms with Crippen LogP contribution in [0.1, 0.15) is 25.7 Å². The summed E-state index contributed by atoms with van der Waals surface area (Å²) in [4.78, 5) is 0. The summed E-state index contributed by atoms with van der Waals surface area (Å²) < 4.78 is 24.0. The van der Waals surface area contributed by atoms with E-state index in [0.717, 1.165) is 13.0 Å². The second-order valence-corrected chi connectivity index (χ2v) is 5.44. The normalized spacial score (nSPS) is 24.5. The minimum absolute atomic E-state index is 0.503. The van der Waals surface area contributed by atoms with Gasteiger partial charge in [-0.2, -0.15) is 0 Å². The quantitative estimate of drug-likeness (QED) is 0.684. The molecule has 0 bridgehead atoms. The second-order valence-electron chi connectivity index (χ2n) is 3.60. The zero-order valence-corrected chi connectivity index (χ0v) is 8.86. The Balaban J connectivity index is 2.11. The lowest BCUT2D eigenvalue weighted by Crippen LogP contribution is -2.37. The fourth-order valence-electron chi connectivity index (χ4n) is 1.59. The molecule has 1 heterocycles. The van der Waals surface area contributed by atoms with Crippen molar-refractivity contribution in [1.29, 1.82) is 0 Å². The van der Waals surface area contributed by atoms with Gasteiger partial charge in [-0.1, -0.05) is 6.42 Å². The SMILES string of the molecule is CS(=O)(=O)NCCC1CCCCN1. The van der Waals surface area contributed by atoms with Crippen molar-refractivity contribution >= 4 is 10.0 Å². The summed E-state index contributed by atoms with van der Waals surface area (Å²) in [5.74, 6) is 0. The van der Waals surface area contributed by atoms with Crippen LogP contribution in [0.4, 0.5) is 0 Å². The highest BCUT2D eigenvalue weighted by Crippen LogP contribution is 2.09. The Kier molecular flexibility index (Phi) is 4.15. The molecule has 2 N–H and O–H groups in total.